The number of rotatable bonds is 0. The molecule has 0 radical (unpaired) electrons. The molecular weight excluding hydrogens is 158 g/mol. The van der Waals surface area contributed by atoms with E-state index in [1.165, 1.54) is 0 Å². The maximum absolute atomic E-state index is 0. The molecule has 6 heavy (non-hydrogen) atoms. The molecule has 3 nitrogen and oxygen atoms in total. The SMILES string of the molecule is [K+].[Na+].[O-2].[O-2].[O-2].[Ti+4]. The summed E-state index contributed by atoms with van der Waals surface area (Å²) in [6.07, 6.45) is 0. The summed E-state index contributed by atoms with van der Waals surface area (Å²) in [6.45, 7) is 0. The molecule has 0 saturated carbocycles. The Morgan fingerprint density at radius 3 is 0.667 bits per heavy atom. The molecule has 0 spiro atoms. The Kier molecular flexibility index (Phi) is 412. The Bertz CT molecular complexity index is 10.8. The molecule has 0 unspecified atom stereocenters. The van der Waals surface area contributed by atoms with Crippen molar-refractivity contribution in [2.75, 3.05) is 0 Å². The van der Waals surface area contributed by atoms with Gasteiger partial charge in [-0.15, -0.1) is 0 Å². The first-order valence-corrected chi connectivity index (χ1v) is 0. The van der Waals surface area contributed by atoms with Crippen LogP contribution in [0.2, 0.25) is 0 Å². The standard InChI is InChI=1S/K.Na.3O.Ti/q2*+1;3*-2;+4. The molecule has 0 fully saturated rings. The van der Waals surface area contributed by atoms with Crippen molar-refractivity contribution in [3.63, 3.8) is 0 Å². The Balaban J connectivity index is 0. The van der Waals surface area contributed by atoms with Gasteiger partial charge >= 0.3 is 103 Å². The van der Waals surface area contributed by atoms with Crippen LogP contribution in [0.3, 0.4) is 0 Å². The molecule has 0 saturated heterocycles. The second kappa shape index (κ2) is 41.2. The molecule has 0 amide bonds. The molecule has 0 aromatic rings. The zero-order valence-electron chi connectivity index (χ0n) is 3.72. The molecule has 0 N–H and O–H groups in total. The fourth-order valence-electron chi connectivity index (χ4n) is 0. The molecule has 0 aliphatic rings. The first kappa shape index (κ1) is 59.9. The minimum absolute atomic E-state index is 0. The van der Waals surface area contributed by atoms with Crippen LogP contribution in [0.5, 0.6) is 0 Å². The van der Waals surface area contributed by atoms with Crippen molar-refractivity contribution >= 4 is 0 Å². The van der Waals surface area contributed by atoms with E-state index in [4.69, 9.17) is 0 Å². The molecule has 0 aromatic carbocycles. The summed E-state index contributed by atoms with van der Waals surface area (Å²) in [5, 5.41) is 0. The summed E-state index contributed by atoms with van der Waals surface area (Å²) in [7, 11) is 0. The Morgan fingerprint density at radius 2 is 0.667 bits per heavy atom. The van der Waals surface area contributed by atoms with E-state index in [1.807, 2.05) is 0 Å². The minimum atomic E-state index is 0. The van der Waals surface area contributed by atoms with E-state index in [9.17, 15) is 0 Å². The van der Waals surface area contributed by atoms with Crippen molar-refractivity contribution in [1.82, 2.24) is 0 Å². The third-order valence-corrected chi connectivity index (χ3v) is 0. The summed E-state index contributed by atoms with van der Waals surface area (Å²) >= 11 is 0. The van der Waals surface area contributed by atoms with Crippen LogP contribution in [-0.4, -0.2) is 0 Å². The minimum Gasteiger partial charge on any atom is -2.00 e. The summed E-state index contributed by atoms with van der Waals surface area (Å²) in [4.78, 5) is 0. The molecule has 24 valence electrons. The average molecular weight is 158 g/mol. The number of hydrogen-bond donors (Lipinski definition) is 0. The molecule has 0 atom stereocenters. The molecule has 0 heterocycles. The normalized spacial score (nSPS) is 0. The van der Waals surface area contributed by atoms with Crippen LogP contribution >= 0.6 is 0 Å². The van der Waals surface area contributed by atoms with Crippen molar-refractivity contribution < 1.29 is 119 Å². The van der Waals surface area contributed by atoms with Gasteiger partial charge < -0.3 is 16.4 Å². The van der Waals surface area contributed by atoms with Gasteiger partial charge in [-0.05, 0) is 0 Å². The molecule has 0 rings (SSSR count). The monoisotopic (exact) mass is 158 g/mol. The quantitative estimate of drug-likeness (QED) is 0.314. The van der Waals surface area contributed by atoms with E-state index in [1.54, 1.807) is 0 Å². The fourth-order valence-corrected chi connectivity index (χ4v) is 0. The zero-order valence-corrected chi connectivity index (χ0v) is 10.4. The predicted octanol–water partition coefficient (Wildman–Crippen LogP) is -6.35. The van der Waals surface area contributed by atoms with Gasteiger partial charge in [0.2, 0.25) is 0 Å². The molecule has 6 heteroatoms. The third-order valence-electron chi connectivity index (χ3n) is 0. The third kappa shape index (κ3) is 26.9. The van der Waals surface area contributed by atoms with Crippen molar-refractivity contribution in [3.8, 4) is 0 Å². The van der Waals surface area contributed by atoms with E-state index in [-0.39, 0.29) is 119 Å². The predicted molar refractivity (Wildman–Crippen MR) is 2.06 cm³/mol. The smallest absolute Gasteiger partial charge is 2.00 e. The molecular formula is KNaO3Ti. The van der Waals surface area contributed by atoms with Crippen LogP contribution in [0.25, 0.3) is 0 Å². The van der Waals surface area contributed by atoms with Gasteiger partial charge in [0.15, 0.2) is 0 Å². The molecule has 0 bridgehead atoms. The van der Waals surface area contributed by atoms with Gasteiger partial charge in [0.25, 0.3) is 0 Å². The van der Waals surface area contributed by atoms with Gasteiger partial charge in [-0.25, -0.2) is 0 Å². The van der Waals surface area contributed by atoms with Crippen LogP contribution in [0.4, 0.5) is 0 Å². The van der Waals surface area contributed by atoms with Crippen molar-refractivity contribution in [2.45, 2.75) is 0 Å². The Hall–Kier alpha value is 3.23. The first-order chi connectivity index (χ1) is 0. The Morgan fingerprint density at radius 1 is 0.667 bits per heavy atom. The summed E-state index contributed by atoms with van der Waals surface area (Å²) in [5.41, 5.74) is 0. The maximum atomic E-state index is 0. The Labute approximate surface area is 116 Å². The van der Waals surface area contributed by atoms with Gasteiger partial charge in [-0.1, -0.05) is 0 Å². The second-order valence-electron chi connectivity index (χ2n) is 0. The molecule has 0 aliphatic heterocycles. The zero-order chi connectivity index (χ0) is 0. The van der Waals surface area contributed by atoms with Gasteiger partial charge in [0, 0.05) is 0 Å². The largest absolute Gasteiger partial charge is 4.00 e. The van der Waals surface area contributed by atoms with E-state index < -0.39 is 0 Å². The van der Waals surface area contributed by atoms with Gasteiger partial charge in [0.05, 0.1) is 0 Å². The van der Waals surface area contributed by atoms with E-state index in [2.05, 4.69) is 0 Å². The van der Waals surface area contributed by atoms with Crippen LogP contribution in [0, 0.1) is 0 Å². The summed E-state index contributed by atoms with van der Waals surface area (Å²) < 4.78 is 0. The maximum Gasteiger partial charge on any atom is 4.00 e. The second-order valence-corrected chi connectivity index (χ2v) is 0. The molecule has 0 aromatic heterocycles. The van der Waals surface area contributed by atoms with Gasteiger partial charge in [-0.3, -0.25) is 0 Å². The summed E-state index contributed by atoms with van der Waals surface area (Å²) in [5.74, 6) is 0. The van der Waals surface area contributed by atoms with Crippen molar-refractivity contribution in [3.05, 3.63) is 0 Å². The van der Waals surface area contributed by atoms with E-state index in [0.717, 1.165) is 0 Å². The van der Waals surface area contributed by atoms with E-state index in [0.29, 0.717) is 0 Å². The van der Waals surface area contributed by atoms with Crippen LogP contribution < -0.4 is 80.9 Å². The average Bonchev–Trinajstić information content (AvgIpc) is 0. The van der Waals surface area contributed by atoms with Crippen LogP contribution in [0.1, 0.15) is 0 Å². The molecule has 0 aliphatic carbocycles. The summed E-state index contributed by atoms with van der Waals surface area (Å²) in [6, 6.07) is 0. The first-order valence-electron chi connectivity index (χ1n) is 0. The van der Waals surface area contributed by atoms with Crippen LogP contribution in [-0.2, 0) is 38.1 Å². The fraction of sp³-hybridized carbons (Fsp3) is 0. The van der Waals surface area contributed by atoms with E-state index >= 15 is 0 Å². The topological polar surface area (TPSA) is 85.5 Å². The van der Waals surface area contributed by atoms with Crippen molar-refractivity contribution in [2.24, 2.45) is 0 Å². The van der Waals surface area contributed by atoms with Gasteiger partial charge in [-0.2, -0.15) is 0 Å². The van der Waals surface area contributed by atoms with Gasteiger partial charge in [0.1, 0.15) is 0 Å². The van der Waals surface area contributed by atoms with Crippen LogP contribution in [0.15, 0.2) is 0 Å². The number of hydrogen-bond acceptors (Lipinski definition) is 0. The van der Waals surface area contributed by atoms with Crippen molar-refractivity contribution in [1.29, 1.82) is 0 Å².